The molecule has 2 atom stereocenters. The van der Waals surface area contributed by atoms with Crippen molar-refractivity contribution in [3.05, 3.63) is 18.2 Å². The number of ether oxygens (including phenoxy) is 1. The van der Waals surface area contributed by atoms with Crippen molar-refractivity contribution in [2.45, 2.75) is 57.9 Å². The van der Waals surface area contributed by atoms with Gasteiger partial charge in [0, 0.05) is 12.1 Å². The van der Waals surface area contributed by atoms with Crippen molar-refractivity contribution in [2.24, 2.45) is 5.73 Å². The van der Waals surface area contributed by atoms with Gasteiger partial charge in [0.25, 0.3) is 0 Å². The van der Waals surface area contributed by atoms with Crippen LogP contribution in [-0.2, 0) is 11.3 Å². The Morgan fingerprint density at radius 3 is 3.00 bits per heavy atom. The fraction of sp³-hybridized carbons (Fsp3) is 0.750. The number of aromatic nitrogens is 2. The lowest BCUT2D eigenvalue weighted by molar-refractivity contribution is 0.0320. The molecule has 1 aliphatic rings. The van der Waals surface area contributed by atoms with Gasteiger partial charge in [-0.3, -0.25) is 0 Å². The van der Waals surface area contributed by atoms with E-state index in [1.165, 1.54) is 6.42 Å². The molecule has 1 aromatic heterocycles. The van der Waals surface area contributed by atoms with Crippen LogP contribution in [0.2, 0.25) is 0 Å². The molecule has 0 amide bonds. The Bertz CT molecular complexity index is 335. The zero-order valence-electron chi connectivity index (χ0n) is 10.1. The lowest BCUT2D eigenvalue weighted by Crippen LogP contribution is -2.31. The first kappa shape index (κ1) is 11.6. The molecule has 0 bridgehead atoms. The second-order valence-electron chi connectivity index (χ2n) is 4.83. The maximum absolute atomic E-state index is 5.97. The second kappa shape index (κ2) is 4.97. The van der Waals surface area contributed by atoms with Gasteiger partial charge >= 0.3 is 0 Å². The van der Waals surface area contributed by atoms with E-state index in [0.29, 0.717) is 12.6 Å². The van der Waals surface area contributed by atoms with Crippen LogP contribution >= 0.6 is 0 Å². The van der Waals surface area contributed by atoms with Gasteiger partial charge in [0.05, 0.1) is 30.9 Å². The summed E-state index contributed by atoms with van der Waals surface area (Å²) in [5.41, 5.74) is 7.10. The molecule has 0 spiro atoms. The maximum atomic E-state index is 5.97. The van der Waals surface area contributed by atoms with Crippen LogP contribution in [0.15, 0.2) is 12.5 Å². The van der Waals surface area contributed by atoms with Crippen molar-refractivity contribution in [2.75, 3.05) is 0 Å². The lowest BCUT2D eigenvalue weighted by Gasteiger charge is -2.18. The third-order valence-corrected chi connectivity index (χ3v) is 3.25. The van der Waals surface area contributed by atoms with Crippen molar-refractivity contribution >= 4 is 0 Å². The Morgan fingerprint density at radius 2 is 2.38 bits per heavy atom. The van der Waals surface area contributed by atoms with E-state index in [9.17, 15) is 0 Å². The van der Waals surface area contributed by atoms with Crippen LogP contribution in [-0.4, -0.2) is 21.7 Å². The van der Waals surface area contributed by atoms with Crippen LogP contribution in [0.5, 0.6) is 0 Å². The second-order valence-corrected chi connectivity index (χ2v) is 4.83. The minimum atomic E-state index is 0.218. The Hall–Kier alpha value is -0.870. The average molecular weight is 223 g/mol. The molecule has 0 radical (unpaired) electrons. The summed E-state index contributed by atoms with van der Waals surface area (Å²) in [6, 6.07) is 0.647. The number of imidazole rings is 1. The first-order valence-corrected chi connectivity index (χ1v) is 6.06. The van der Waals surface area contributed by atoms with Crippen molar-refractivity contribution in [3.63, 3.8) is 0 Å². The molecule has 1 heterocycles. The number of nitrogens with two attached hydrogens (primary N) is 1. The summed E-state index contributed by atoms with van der Waals surface area (Å²) < 4.78 is 8.00. The minimum absolute atomic E-state index is 0.218. The van der Waals surface area contributed by atoms with Crippen LogP contribution in [0.3, 0.4) is 0 Å². The van der Waals surface area contributed by atoms with Crippen molar-refractivity contribution in [3.8, 4) is 0 Å². The first-order chi connectivity index (χ1) is 7.68. The Balaban J connectivity index is 1.91. The fourth-order valence-corrected chi connectivity index (χ4v) is 2.26. The Labute approximate surface area is 96.8 Å². The van der Waals surface area contributed by atoms with Crippen molar-refractivity contribution in [1.29, 1.82) is 0 Å². The molecule has 90 valence electrons. The van der Waals surface area contributed by atoms with E-state index in [4.69, 9.17) is 10.5 Å². The van der Waals surface area contributed by atoms with Crippen molar-refractivity contribution < 1.29 is 4.74 Å². The summed E-state index contributed by atoms with van der Waals surface area (Å²) in [7, 11) is 0. The molecule has 1 saturated carbocycles. The van der Waals surface area contributed by atoms with E-state index in [1.54, 1.807) is 0 Å². The number of nitrogens with zero attached hydrogens (tertiary/aromatic N) is 2. The average Bonchev–Trinajstić information content (AvgIpc) is 2.83. The van der Waals surface area contributed by atoms with Gasteiger partial charge in [-0.1, -0.05) is 0 Å². The number of rotatable bonds is 4. The van der Waals surface area contributed by atoms with Gasteiger partial charge in [0.1, 0.15) is 0 Å². The molecule has 4 nitrogen and oxygen atoms in total. The molecule has 2 N–H and O–H groups in total. The highest BCUT2D eigenvalue weighted by Crippen LogP contribution is 2.21. The van der Waals surface area contributed by atoms with E-state index in [0.717, 1.165) is 18.5 Å². The predicted molar refractivity (Wildman–Crippen MR) is 63.0 cm³/mol. The SMILES string of the molecule is CC(C)n1cncc1COC1CCCC1N. The summed E-state index contributed by atoms with van der Waals surface area (Å²) >= 11 is 0. The van der Waals surface area contributed by atoms with Crippen LogP contribution in [0, 0.1) is 0 Å². The molecule has 16 heavy (non-hydrogen) atoms. The van der Waals surface area contributed by atoms with E-state index >= 15 is 0 Å². The van der Waals surface area contributed by atoms with Gasteiger partial charge in [-0.15, -0.1) is 0 Å². The summed E-state index contributed by atoms with van der Waals surface area (Å²) in [4.78, 5) is 4.16. The van der Waals surface area contributed by atoms with Gasteiger partial charge in [0.15, 0.2) is 0 Å². The molecule has 0 saturated heterocycles. The summed E-state index contributed by atoms with van der Waals surface area (Å²) in [5.74, 6) is 0. The third kappa shape index (κ3) is 2.44. The van der Waals surface area contributed by atoms with Gasteiger partial charge in [0.2, 0.25) is 0 Å². The van der Waals surface area contributed by atoms with Crippen LogP contribution in [0.1, 0.15) is 44.8 Å². The quantitative estimate of drug-likeness (QED) is 0.847. The van der Waals surface area contributed by atoms with Crippen LogP contribution in [0.4, 0.5) is 0 Å². The van der Waals surface area contributed by atoms with E-state index in [1.807, 2.05) is 12.5 Å². The molecule has 1 fully saturated rings. The standard InChI is InChI=1S/C12H21N3O/c1-9(2)15-8-14-6-10(15)7-16-12-5-3-4-11(12)13/h6,8-9,11-12H,3-5,7,13H2,1-2H3. The maximum Gasteiger partial charge on any atom is 0.0951 e. The predicted octanol–water partition coefficient (Wildman–Crippen LogP) is 1.86. The molecule has 2 rings (SSSR count). The van der Waals surface area contributed by atoms with Gasteiger partial charge in [-0.2, -0.15) is 0 Å². The molecule has 1 aliphatic carbocycles. The van der Waals surface area contributed by atoms with Gasteiger partial charge in [-0.25, -0.2) is 4.98 Å². The highest BCUT2D eigenvalue weighted by Gasteiger charge is 2.24. The number of hydrogen-bond donors (Lipinski definition) is 1. The Kier molecular flexibility index (Phi) is 3.61. The smallest absolute Gasteiger partial charge is 0.0951 e. The number of hydrogen-bond acceptors (Lipinski definition) is 3. The van der Waals surface area contributed by atoms with Gasteiger partial charge < -0.3 is 15.0 Å². The topological polar surface area (TPSA) is 53.1 Å². The summed E-state index contributed by atoms with van der Waals surface area (Å²) in [5, 5.41) is 0. The summed E-state index contributed by atoms with van der Waals surface area (Å²) in [6.07, 6.45) is 7.34. The third-order valence-electron chi connectivity index (χ3n) is 3.25. The van der Waals surface area contributed by atoms with E-state index in [-0.39, 0.29) is 12.1 Å². The van der Waals surface area contributed by atoms with Gasteiger partial charge in [-0.05, 0) is 33.1 Å². The minimum Gasteiger partial charge on any atom is -0.370 e. The van der Waals surface area contributed by atoms with Crippen LogP contribution < -0.4 is 5.73 Å². The first-order valence-electron chi connectivity index (χ1n) is 6.06. The molecule has 0 aliphatic heterocycles. The molecule has 0 aromatic carbocycles. The summed E-state index contributed by atoms with van der Waals surface area (Å²) in [6.45, 7) is 4.91. The zero-order chi connectivity index (χ0) is 11.5. The molecule has 1 aromatic rings. The Morgan fingerprint density at radius 1 is 1.56 bits per heavy atom. The monoisotopic (exact) mass is 223 g/mol. The molecular formula is C12H21N3O. The van der Waals surface area contributed by atoms with E-state index in [2.05, 4.69) is 23.4 Å². The lowest BCUT2D eigenvalue weighted by atomic mass is 10.2. The normalized spacial score (nSPS) is 25.5. The van der Waals surface area contributed by atoms with E-state index < -0.39 is 0 Å². The highest BCUT2D eigenvalue weighted by molar-refractivity contribution is 4.98. The zero-order valence-corrected chi connectivity index (χ0v) is 10.1. The molecular weight excluding hydrogens is 202 g/mol. The highest BCUT2D eigenvalue weighted by atomic mass is 16.5. The molecule has 2 unspecified atom stereocenters. The largest absolute Gasteiger partial charge is 0.370 e. The fourth-order valence-electron chi connectivity index (χ4n) is 2.26. The van der Waals surface area contributed by atoms with Crippen molar-refractivity contribution in [1.82, 2.24) is 9.55 Å². The molecule has 4 heteroatoms. The van der Waals surface area contributed by atoms with Crippen LogP contribution in [0.25, 0.3) is 0 Å².